The Bertz CT molecular complexity index is 1000. The molecule has 3 rings (SSSR count). The monoisotopic (exact) mass is 385 g/mol. The summed E-state index contributed by atoms with van der Waals surface area (Å²) in [6.45, 7) is 0.287. The van der Waals surface area contributed by atoms with Crippen LogP contribution in [0, 0.1) is 5.41 Å². The molecule has 26 heavy (non-hydrogen) atoms. The zero-order valence-corrected chi connectivity index (χ0v) is 15.5. The molecular weight excluding hydrogens is 370 g/mol. The van der Waals surface area contributed by atoms with E-state index in [4.69, 9.17) is 22.7 Å². The summed E-state index contributed by atoms with van der Waals surface area (Å²) in [7, 11) is 0. The second-order valence-corrected chi connectivity index (χ2v) is 6.72. The zero-order valence-electron chi connectivity index (χ0n) is 13.9. The molecule has 8 heteroatoms. The maximum absolute atomic E-state index is 13.1. The van der Waals surface area contributed by atoms with Crippen LogP contribution in [0.2, 0.25) is 5.02 Å². The van der Waals surface area contributed by atoms with Gasteiger partial charge in [0.2, 0.25) is 0 Å². The predicted molar refractivity (Wildman–Crippen MR) is 105 cm³/mol. The largest absolute Gasteiger partial charge is 0.383 e. The van der Waals surface area contributed by atoms with E-state index in [2.05, 4.69) is 9.97 Å². The molecule has 3 N–H and O–H groups in total. The van der Waals surface area contributed by atoms with E-state index in [1.165, 1.54) is 16.3 Å². The molecule has 0 amide bonds. The summed E-state index contributed by atoms with van der Waals surface area (Å²) < 4.78 is 1.52. The zero-order chi connectivity index (χ0) is 18.7. The van der Waals surface area contributed by atoms with E-state index in [1.807, 2.05) is 12.1 Å². The van der Waals surface area contributed by atoms with Gasteiger partial charge in [0.15, 0.2) is 0 Å². The molecule has 0 unspecified atom stereocenters. The van der Waals surface area contributed by atoms with Crippen molar-refractivity contribution < 1.29 is 0 Å². The number of amidine groups is 1. The average Bonchev–Trinajstić information content (AvgIpc) is 2.65. The third kappa shape index (κ3) is 3.63. The Hall–Kier alpha value is -2.64. The molecule has 1 aromatic carbocycles. The lowest BCUT2D eigenvalue weighted by molar-refractivity contribution is 0.728. The third-order valence-electron chi connectivity index (χ3n) is 3.79. The summed E-state index contributed by atoms with van der Waals surface area (Å²) in [4.78, 5) is 21.7. The first-order valence-electron chi connectivity index (χ1n) is 7.69. The highest BCUT2D eigenvalue weighted by atomic mass is 35.5. The Morgan fingerprint density at radius 1 is 1.23 bits per heavy atom. The number of pyridine rings is 1. The van der Waals surface area contributed by atoms with Crippen LogP contribution in [0.1, 0.15) is 11.1 Å². The lowest BCUT2D eigenvalue weighted by Gasteiger charge is -2.16. The number of nitrogen functional groups attached to an aromatic ring is 1. The van der Waals surface area contributed by atoms with Gasteiger partial charge in [-0.3, -0.25) is 19.8 Å². The number of hydrogen-bond acceptors (Lipinski definition) is 5. The SMILES string of the molecule is CSc1nc(-c2ccncc2)n(Cc2ccc(Cl)cc2)c(=O)c1C(=N)N. The van der Waals surface area contributed by atoms with Crippen molar-refractivity contribution in [3.8, 4) is 11.4 Å². The van der Waals surface area contributed by atoms with E-state index < -0.39 is 0 Å². The lowest BCUT2D eigenvalue weighted by Crippen LogP contribution is -2.33. The highest BCUT2D eigenvalue weighted by molar-refractivity contribution is 7.98. The maximum Gasteiger partial charge on any atom is 0.266 e. The second-order valence-electron chi connectivity index (χ2n) is 5.49. The Balaban J connectivity index is 2.25. The number of nitrogens with two attached hydrogens (primary N) is 1. The summed E-state index contributed by atoms with van der Waals surface area (Å²) >= 11 is 7.23. The molecule has 2 heterocycles. The van der Waals surface area contributed by atoms with E-state index in [9.17, 15) is 4.79 Å². The third-order valence-corrected chi connectivity index (χ3v) is 4.73. The molecule has 132 valence electrons. The van der Waals surface area contributed by atoms with Crippen molar-refractivity contribution in [1.82, 2.24) is 14.5 Å². The minimum Gasteiger partial charge on any atom is -0.383 e. The maximum atomic E-state index is 13.1. The van der Waals surface area contributed by atoms with Gasteiger partial charge in [0, 0.05) is 23.0 Å². The van der Waals surface area contributed by atoms with Gasteiger partial charge in [-0.05, 0) is 36.1 Å². The molecule has 0 fully saturated rings. The van der Waals surface area contributed by atoms with Crippen molar-refractivity contribution in [2.75, 3.05) is 6.26 Å². The number of rotatable bonds is 5. The molecule has 0 bridgehead atoms. The molecule has 0 spiro atoms. The smallest absolute Gasteiger partial charge is 0.266 e. The topological polar surface area (TPSA) is 97.6 Å². The molecule has 6 nitrogen and oxygen atoms in total. The standard InChI is InChI=1S/C18H16ClN5OS/c1-26-17-14(15(20)21)18(25)24(10-11-2-4-13(19)5-3-11)16(23-17)12-6-8-22-9-7-12/h2-9H,10H2,1H3,(H3,20,21). The van der Waals surface area contributed by atoms with Gasteiger partial charge in [-0.15, -0.1) is 11.8 Å². The van der Waals surface area contributed by atoms with Gasteiger partial charge in [-0.25, -0.2) is 4.98 Å². The highest BCUT2D eigenvalue weighted by Crippen LogP contribution is 2.22. The minimum absolute atomic E-state index is 0.115. The molecule has 2 aromatic heterocycles. The number of nitrogens with zero attached hydrogens (tertiary/aromatic N) is 3. The van der Waals surface area contributed by atoms with E-state index in [1.54, 1.807) is 42.9 Å². The van der Waals surface area contributed by atoms with Gasteiger partial charge in [-0.1, -0.05) is 23.7 Å². The van der Waals surface area contributed by atoms with E-state index in [-0.39, 0.29) is 23.5 Å². The van der Waals surface area contributed by atoms with Gasteiger partial charge < -0.3 is 5.73 Å². The molecule has 0 aliphatic carbocycles. The van der Waals surface area contributed by atoms with Crippen LogP contribution in [-0.2, 0) is 6.54 Å². The Labute approximate surface area is 159 Å². The van der Waals surface area contributed by atoms with Crippen molar-refractivity contribution in [3.05, 3.63) is 75.3 Å². The number of benzene rings is 1. The summed E-state index contributed by atoms with van der Waals surface area (Å²) in [6, 6.07) is 10.8. The van der Waals surface area contributed by atoms with E-state index >= 15 is 0 Å². The normalized spacial score (nSPS) is 10.7. The van der Waals surface area contributed by atoms with E-state index in [0.29, 0.717) is 15.9 Å². The minimum atomic E-state index is -0.349. The molecule has 0 radical (unpaired) electrons. The van der Waals surface area contributed by atoms with Crippen LogP contribution in [0.3, 0.4) is 0 Å². The van der Waals surface area contributed by atoms with Gasteiger partial charge in [0.05, 0.1) is 6.54 Å². The molecular formula is C18H16ClN5OS. The van der Waals surface area contributed by atoms with Gasteiger partial charge >= 0.3 is 0 Å². The molecule has 0 saturated heterocycles. The number of nitrogens with one attached hydrogen (secondary N) is 1. The average molecular weight is 386 g/mol. The molecule has 0 aliphatic rings. The van der Waals surface area contributed by atoms with Gasteiger partial charge in [-0.2, -0.15) is 0 Å². The Morgan fingerprint density at radius 3 is 2.46 bits per heavy atom. The number of thioether (sulfide) groups is 1. The lowest BCUT2D eigenvalue weighted by atomic mass is 10.2. The van der Waals surface area contributed by atoms with Crippen LogP contribution in [-0.4, -0.2) is 26.6 Å². The van der Waals surface area contributed by atoms with Crippen molar-refractivity contribution in [2.24, 2.45) is 5.73 Å². The van der Waals surface area contributed by atoms with Crippen molar-refractivity contribution in [2.45, 2.75) is 11.6 Å². The number of halogens is 1. The molecule has 0 atom stereocenters. The molecule has 3 aromatic rings. The first kappa shape index (κ1) is 18.2. The number of aromatic nitrogens is 3. The van der Waals surface area contributed by atoms with Crippen LogP contribution in [0.15, 0.2) is 58.6 Å². The number of hydrogen-bond donors (Lipinski definition) is 2. The fourth-order valence-corrected chi connectivity index (χ4v) is 3.26. The second kappa shape index (κ2) is 7.72. The summed E-state index contributed by atoms with van der Waals surface area (Å²) in [6.07, 6.45) is 5.09. The van der Waals surface area contributed by atoms with Crippen molar-refractivity contribution in [1.29, 1.82) is 5.41 Å². The fourth-order valence-electron chi connectivity index (χ4n) is 2.55. The van der Waals surface area contributed by atoms with Crippen LogP contribution >= 0.6 is 23.4 Å². The Morgan fingerprint density at radius 2 is 1.88 bits per heavy atom. The van der Waals surface area contributed by atoms with Crippen molar-refractivity contribution in [3.63, 3.8) is 0 Å². The Kier molecular flexibility index (Phi) is 5.39. The molecule has 0 saturated carbocycles. The fraction of sp³-hybridized carbons (Fsp3) is 0.111. The van der Waals surface area contributed by atoms with Crippen LogP contribution in [0.5, 0.6) is 0 Å². The van der Waals surface area contributed by atoms with Crippen LogP contribution in [0.4, 0.5) is 0 Å². The van der Waals surface area contributed by atoms with Crippen molar-refractivity contribution >= 4 is 29.2 Å². The quantitative estimate of drug-likeness (QED) is 0.304. The van der Waals surface area contributed by atoms with Crippen LogP contribution < -0.4 is 11.3 Å². The summed E-state index contributed by atoms with van der Waals surface area (Å²) in [5.74, 6) is 0.208. The van der Waals surface area contributed by atoms with Crippen LogP contribution in [0.25, 0.3) is 11.4 Å². The first-order chi connectivity index (χ1) is 12.5. The molecule has 0 aliphatic heterocycles. The van der Waals surface area contributed by atoms with Gasteiger partial charge in [0.25, 0.3) is 5.56 Å². The summed E-state index contributed by atoms with van der Waals surface area (Å²) in [5.41, 5.74) is 7.07. The van der Waals surface area contributed by atoms with E-state index in [0.717, 1.165) is 11.1 Å². The first-order valence-corrected chi connectivity index (χ1v) is 9.29. The highest BCUT2D eigenvalue weighted by Gasteiger charge is 2.19. The predicted octanol–water partition coefficient (Wildman–Crippen LogP) is 3.01. The summed E-state index contributed by atoms with van der Waals surface area (Å²) in [5, 5.41) is 8.84. The van der Waals surface area contributed by atoms with Gasteiger partial charge in [0.1, 0.15) is 22.2 Å².